The summed E-state index contributed by atoms with van der Waals surface area (Å²) in [6.07, 6.45) is 1.41. The van der Waals surface area contributed by atoms with Crippen LogP contribution < -0.4 is 10.6 Å². The molecule has 0 aromatic heterocycles. The van der Waals surface area contributed by atoms with Gasteiger partial charge in [-0.1, -0.05) is 6.08 Å². The zero-order chi connectivity index (χ0) is 14.3. The summed E-state index contributed by atoms with van der Waals surface area (Å²) >= 11 is 0. The van der Waals surface area contributed by atoms with Gasteiger partial charge in [0.15, 0.2) is 0 Å². The second-order valence-corrected chi connectivity index (χ2v) is 3.98. The molecule has 3 amide bonds. The minimum Gasteiger partial charge on any atom is -0.466 e. The smallest absolute Gasteiger partial charge is 0.318 e. The van der Waals surface area contributed by atoms with Gasteiger partial charge in [-0.25, -0.2) is 4.79 Å². The number of carbonyl (C=O) groups is 3. The van der Waals surface area contributed by atoms with Gasteiger partial charge in [-0.3, -0.25) is 9.59 Å². The van der Waals surface area contributed by atoms with Crippen LogP contribution in [0.25, 0.3) is 0 Å². The van der Waals surface area contributed by atoms with Gasteiger partial charge in [-0.15, -0.1) is 6.58 Å². The lowest BCUT2D eigenvalue weighted by Crippen LogP contribution is -2.60. The van der Waals surface area contributed by atoms with E-state index < -0.39 is 12.0 Å². The Balaban J connectivity index is 2.69. The first-order chi connectivity index (χ1) is 9.10. The molecule has 1 aliphatic rings. The van der Waals surface area contributed by atoms with Crippen LogP contribution in [0.1, 0.15) is 13.3 Å². The highest BCUT2D eigenvalue weighted by Gasteiger charge is 2.34. The minimum absolute atomic E-state index is 0.138. The number of urea groups is 1. The van der Waals surface area contributed by atoms with E-state index in [9.17, 15) is 14.4 Å². The molecule has 2 N–H and O–H groups in total. The summed E-state index contributed by atoms with van der Waals surface area (Å²) in [4.78, 5) is 36.5. The number of hydrogen-bond donors (Lipinski definition) is 2. The number of nitrogens with one attached hydrogen (secondary N) is 2. The lowest BCUT2D eigenvalue weighted by atomic mass is 10.1. The van der Waals surface area contributed by atoms with Crippen LogP contribution in [0.5, 0.6) is 0 Å². The number of piperazine rings is 1. The van der Waals surface area contributed by atoms with Crippen molar-refractivity contribution in [1.29, 1.82) is 0 Å². The summed E-state index contributed by atoms with van der Waals surface area (Å²) in [5.74, 6) is -0.834. The van der Waals surface area contributed by atoms with E-state index in [1.54, 1.807) is 13.0 Å². The fourth-order valence-corrected chi connectivity index (χ4v) is 1.80. The predicted octanol–water partition coefficient (Wildman–Crippen LogP) is -0.364. The largest absolute Gasteiger partial charge is 0.466 e. The fourth-order valence-electron chi connectivity index (χ4n) is 1.80. The lowest BCUT2D eigenvalue weighted by Gasteiger charge is -2.34. The molecule has 0 saturated carbocycles. The Bertz CT molecular complexity index is 370. The molecule has 0 radical (unpaired) electrons. The van der Waals surface area contributed by atoms with E-state index in [-0.39, 0.29) is 25.0 Å². The number of esters is 1. The van der Waals surface area contributed by atoms with Gasteiger partial charge in [-0.05, 0) is 6.92 Å². The van der Waals surface area contributed by atoms with E-state index in [0.717, 1.165) is 0 Å². The highest BCUT2D eigenvalue weighted by atomic mass is 16.5. The molecule has 106 valence electrons. The maximum Gasteiger partial charge on any atom is 0.318 e. The molecule has 0 aliphatic carbocycles. The Morgan fingerprint density at radius 3 is 3.00 bits per heavy atom. The van der Waals surface area contributed by atoms with Crippen molar-refractivity contribution in [2.75, 3.05) is 26.2 Å². The average molecular weight is 269 g/mol. The molecule has 1 aliphatic heterocycles. The van der Waals surface area contributed by atoms with Gasteiger partial charge in [0.2, 0.25) is 5.91 Å². The zero-order valence-corrected chi connectivity index (χ0v) is 11.0. The van der Waals surface area contributed by atoms with Crippen LogP contribution in [-0.2, 0) is 14.3 Å². The Kier molecular flexibility index (Phi) is 5.84. The van der Waals surface area contributed by atoms with E-state index in [2.05, 4.69) is 17.2 Å². The molecule has 1 saturated heterocycles. The molecule has 0 aromatic rings. The maximum absolute atomic E-state index is 11.9. The summed E-state index contributed by atoms with van der Waals surface area (Å²) < 4.78 is 4.81. The van der Waals surface area contributed by atoms with Crippen LogP contribution in [0.4, 0.5) is 4.79 Å². The van der Waals surface area contributed by atoms with Crippen LogP contribution in [-0.4, -0.2) is 55.1 Å². The van der Waals surface area contributed by atoms with Crippen LogP contribution in [0, 0.1) is 0 Å². The Morgan fingerprint density at radius 2 is 2.37 bits per heavy atom. The van der Waals surface area contributed by atoms with E-state index >= 15 is 0 Å². The Labute approximate surface area is 112 Å². The molecule has 7 nitrogen and oxygen atoms in total. The van der Waals surface area contributed by atoms with E-state index in [1.165, 1.54) is 4.90 Å². The van der Waals surface area contributed by atoms with Crippen molar-refractivity contribution in [3.05, 3.63) is 12.7 Å². The monoisotopic (exact) mass is 269 g/mol. The molecule has 0 unspecified atom stereocenters. The molecule has 0 spiro atoms. The quantitative estimate of drug-likeness (QED) is 0.527. The topological polar surface area (TPSA) is 87.7 Å². The summed E-state index contributed by atoms with van der Waals surface area (Å²) in [5, 5.41) is 5.23. The first-order valence-electron chi connectivity index (χ1n) is 6.18. The van der Waals surface area contributed by atoms with E-state index in [1.807, 2.05) is 0 Å². The van der Waals surface area contributed by atoms with Gasteiger partial charge in [0.05, 0.1) is 13.0 Å². The zero-order valence-electron chi connectivity index (χ0n) is 11.0. The minimum atomic E-state index is -0.822. The molecule has 1 heterocycles. The third-order valence-corrected chi connectivity index (χ3v) is 2.65. The number of nitrogens with zero attached hydrogens (tertiary/aromatic N) is 1. The van der Waals surface area contributed by atoms with Gasteiger partial charge in [0.25, 0.3) is 0 Å². The maximum atomic E-state index is 11.9. The summed E-state index contributed by atoms with van der Waals surface area (Å²) in [7, 11) is 0. The number of amides is 3. The average Bonchev–Trinajstić information content (AvgIpc) is 2.38. The predicted molar refractivity (Wildman–Crippen MR) is 68.3 cm³/mol. The molecule has 1 rings (SSSR count). The second kappa shape index (κ2) is 7.40. The summed E-state index contributed by atoms with van der Waals surface area (Å²) in [5.41, 5.74) is 0. The summed E-state index contributed by atoms with van der Waals surface area (Å²) in [6, 6.07) is -1.21. The molecule has 0 aromatic carbocycles. The third-order valence-electron chi connectivity index (χ3n) is 2.65. The molecular weight excluding hydrogens is 250 g/mol. The molecule has 1 fully saturated rings. The molecule has 7 heteroatoms. The molecule has 19 heavy (non-hydrogen) atoms. The molecule has 1 atom stereocenters. The van der Waals surface area contributed by atoms with E-state index in [0.29, 0.717) is 19.6 Å². The Morgan fingerprint density at radius 1 is 1.63 bits per heavy atom. The number of carbonyl (C=O) groups excluding carboxylic acids is 3. The van der Waals surface area contributed by atoms with Crippen molar-refractivity contribution in [2.45, 2.75) is 19.4 Å². The van der Waals surface area contributed by atoms with Crippen molar-refractivity contribution >= 4 is 17.9 Å². The van der Waals surface area contributed by atoms with Crippen molar-refractivity contribution in [3.63, 3.8) is 0 Å². The third kappa shape index (κ3) is 4.27. The number of rotatable bonds is 5. The highest BCUT2D eigenvalue weighted by molar-refractivity contribution is 5.91. The van der Waals surface area contributed by atoms with Gasteiger partial charge in [0.1, 0.15) is 6.04 Å². The van der Waals surface area contributed by atoms with Crippen molar-refractivity contribution in [3.8, 4) is 0 Å². The van der Waals surface area contributed by atoms with Crippen molar-refractivity contribution in [2.24, 2.45) is 0 Å². The van der Waals surface area contributed by atoms with Crippen LogP contribution in [0.15, 0.2) is 12.7 Å². The lowest BCUT2D eigenvalue weighted by molar-refractivity contribution is -0.147. The molecular formula is C12H19N3O4. The van der Waals surface area contributed by atoms with Crippen molar-refractivity contribution in [1.82, 2.24) is 15.5 Å². The normalized spacial score (nSPS) is 18.5. The van der Waals surface area contributed by atoms with Gasteiger partial charge < -0.3 is 20.3 Å². The number of ether oxygens (including phenoxy) is 1. The van der Waals surface area contributed by atoms with Crippen LogP contribution in [0.2, 0.25) is 0 Å². The van der Waals surface area contributed by atoms with Gasteiger partial charge in [-0.2, -0.15) is 0 Å². The summed E-state index contributed by atoms with van der Waals surface area (Å²) in [6.45, 7) is 6.47. The van der Waals surface area contributed by atoms with Crippen molar-refractivity contribution < 1.29 is 19.1 Å². The second-order valence-electron chi connectivity index (χ2n) is 3.98. The first kappa shape index (κ1) is 15.0. The van der Waals surface area contributed by atoms with E-state index in [4.69, 9.17) is 4.74 Å². The number of hydrogen-bond acceptors (Lipinski definition) is 4. The highest BCUT2D eigenvalue weighted by Crippen LogP contribution is 2.10. The Hall–Kier alpha value is -2.05. The van der Waals surface area contributed by atoms with Crippen LogP contribution >= 0.6 is 0 Å². The van der Waals surface area contributed by atoms with Crippen LogP contribution in [0.3, 0.4) is 0 Å². The van der Waals surface area contributed by atoms with Gasteiger partial charge in [0, 0.05) is 19.6 Å². The fraction of sp³-hybridized carbons (Fsp3) is 0.583. The standard InChI is InChI=1S/C12H19N3O4/c1-3-5-14-12(18)15-7-6-13-11(17)9(15)8-10(16)19-4-2/h3,9H,1,4-8H2,2H3,(H,13,17)(H,14,18)/t9-/m0/s1. The molecule has 0 bridgehead atoms. The first-order valence-corrected chi connectivity index (χ1v) is 6.18. The van der Waals surface area contributed by atoms with Gasteiger partial charge >= 0.3 is 12.0 Å². The SMILES string of the molecule is C=CCNC(=O)N1CCNC(=O)[C@@H]1CC(=O)OCC.